The van der Waals surface area contributed by atoms with Crippen molar-refractivity contribution in [3.63, 3.8) is 0 Å². The van der Waals surface area contributed by atoms with Crippen LogP contribution in [0, 0.1) is 5.82 Å². The quantitative estimate of drug-likeness (QED) is 0.499. The number of aromatic nitrogens is 3. The van der Waals surface area contributed by atoms with E-state index in [9.17, 15) is 14.0 Å². The van der Waals surface area contributed by atoms with Crippen molar-refractivity contribution in [1.29, 1.82) is 0 Å². The molecule has 2 saturated heterocycles. The lowest BCUT2D eigenvalue weighted by molar-refractivity contribution is -0.117. The van der Waals surface area contributed by atoms with E-state index in [1.54, 1.807) is 0 Å². The van der Waals surface area contributed by atoms with Crippen LogP contribution in [0.25, 0.3) is 11.3 Å². The summed E-state index contributed by atoms with van der Waals surface area (Å²) in [6.45, 7) is 3.59. The smallest absolute Gasteiger partial charge is 0.273 e. The fourth-order valence-electron chi connectivity index (χ4n) is 4.58. The second-order valence-corrected chi connectivity index (χ2v) is 8.96. The third-order valence-corrected chi connectivity index (χ3v) is 6.46. The maximum Gasteiger partial charge on any atom is 0.273 e. The second-order valence-electron chi connectivity index (χ2n) is 8.96. The van der Waals surface area contributed by atoms with E-state index >= 15 is 0 Å². The lowest BCUT2D eigenvalue weighted by atomic mass is 10.1. The molecule has 0 saturated carbocycles. The van der Waals surface area contributed by atoms with Crippen LogP contribution in [0.1, 0.15) is 24.5 Å². The topological polar surface area (TPSA) is 119 Å². The number of rotatable bonds is 6. The van der Waals surface area contributed by atoms with Gasteiger partial charge in [-0.2, -0.15) is 4.68 Å². The van der Waals surface area contributed by atoms with Crippen molar-refractivity contribution >= 4 is 17.5 Å². The molecule has 5 rings (SSSR count). The monoisotopic (exact) mass is 493 g/mol. The van der Waals surface area contributed by atoms with E-state index in [-0.39, 0.29) is 29.2 Å². The van der Waals surface area contributed by atoms with Crippen molar-refractivity contribution < 1.29 is 13.9 Å². The molecule has 0 unspecified atom stereocenters. The second kappa shape index (κ2) is 10.4. The van der Waals surface area contributed by atoms with Gasteiger partial charge in [0.1, 0.15) is 6.10 Å². The molecule has 3 aromatic rings. The normalized spacial score (nSPS) is 18.4. The van der Waals surface area contributed by atoms with E-state index in [1.165, 1.54) is 18.3 Å². The van der Waals surface area contributed by atoms with Crippen LogP contribution in [-0.2, 0) is 9.53 Å². The number of halogens is 1. The van der Waals surface area contributed by atoms with E-state index in [0.29, 0.717) is 26.2 Å². The van der Waals surface area contributed by atoms with Gasteiger partial charge < -0.3 is 20.8 Å². The molecule has 0 spiro atoms. The Morgan fingerprint density at radius 1 is 1.17 bits per heavy atom. The van der Waals surface area contributed by atoms with Gasteiger partial charge in [0.05, 0.1) is 31.6 Å². The van der Waals surface area contributed by atoms with Gasteiger partial charge in [-0.3, -0.25) is 19.5 Å². The Bertz CT molecular complexity index is 1290. The fraction of sp³-hybridized carbons (Fsp3) is 0.360. The summed E-state index contributed by atoms with van der Waals surface area (Å²) in [6.07, 6.45) is 4.50. The zero-order valence-electron chi connectivity index (χ0n) is 19.8. The molecule has 10 nitrogen and oxygen atoms in total. The third kappa shape index (κ3) is 5.21. The van der Waals surface area contributed by atoms with Crippen LogP contribution < -0.4 is 21.6 Å². The molecule has 2 aliphatic heterocycles. The Morgan fingerprint density at radius 3 is 2.69 bits per heavy atom. The molecule has 2 aromatic heterocycles. The van der Waals surface area contributed by atoms with Crippen LogP contribution >= 0.6 is 0 Å². The summed E-state index contributed by atoms with van der Waals surface area (Å²) in [6, 6.07) is 10.2. The molecule has 4 heterocycles. The number of nitrogen functional groups attached to an aromatic ring is 1. The molecule has 2 aliphatic rings. The van der Waals surface area contributed by atoms with Crippen molar-refractivity contribution in [1.82, 2.24) is 19.5 Å². The van der Waals surface area contributed by atoms with Crippen molar-refractivity contribution in [3.8, 4) is 11.3 Å². The molecule has 11 heteroatoms. The number of nitrogens with two attached hydrogens (primary N) is 1. The number of ether oxygens (including phenoxy) is 1. The molecule has 36 heavy (non-hydrogen) atoms. The van der Waals surface area contributed by atoms with Gasteiger partial charge in [-0.25, -0.2) is 9.37 Å². The number of benzene rings is 1. The average Bonchev–Trinajstić information content (AvgIpc) is 3.39. The number of likely N-dealkylation sites (tertiary alicyclic amines) is 1. The number of hydrogen-bond donors (Lipinski definition) is 2. The summed E-state index contributed by atoms with van der Waals surface area (Å²) in [5.41, 5.74) is 1.51. The summed E-state index contributed by atoms with van der Waals surface area (Å²) < 4.78 is 21.2. The van der Waals surface area contributed by atoms with E-state index < -0.39 is 11.4 Å². The third-order valence-electron chi connectivity index (χ3n) is 6.46. The Balaban J connectivity index is 1.30. The summed E-state index contributed by atoms with van der Waals surface area (Å²) in [5.74, 6) is 5.65. The molecule has 1 amide bonds. The van der Waals surface area contributed by atoms with Gasteiger partial charge in [-0.1, -0.05) is 12.1 Å². The van der Waals surface area contributed by atoms with Gasteiger partial charge in [0.25, 0.3) is 5.56 Å². The molecule has 0 bridgehead atoms. The predicted octanol–water partition coefficient (Wildman–Crippen LogP) is 1.77. The first-order valence-corrected chi connectivity index (χ1v) is 12.0. The van der Waals surface area contributed by atoms with Crippen LogP contribution in [-0.4, -0.2) is 64.8 Å². The minimum atomic E-state index is -0.572. The van der Waals surface area contributed by atoms with Crippen molar-refractivity contribution in [2.45, 2.75) is 18.9 Å². The van der Waals surface area contributed by atoms with Crippen LogP contribution in [0.2, 0.25) is 0 Å². The van der Waals surface area contributed by atoms with Crippen molar-refractivity contribution in [2.75, 3.05) is 55.4 Å². The maximum atomic E-state index is 14.3. The molecular formula is C25H28FN7O3. The molecule has 3 N–H and O–H groups in total. The van der Waals surface area contributed by atoms with Gasteiger partial charge in [0.2, 0.25) is 11.9 Å². The predicted molar refractivity (Wildman–Crippen MR) is 133 cm³/mol. The van der Waals surface area contributed by atoms with Gasteiger partial charge in [0.15, 0.2) is 5.82 Å². The number of morpholine rings is 1. The minimum absolute atomic E-state index is 0.0257. The van der Waals surface area contributed by atoms with E-state index in [1.807, 2.05) is 29.2 Å². The first kappa shape index (κ1) is 23.9. The molecule has 0 aliphatic carbocycles. The number of anilines is 2. The number of carbonyl (C=O) groups excluding carboxylic acids is 1. The highest BCUT2D eigenvalue weighted by molar-refractivity contribution is 5.92. The summed E-state index contributed by atoms with van der Waals surface area (Å²) in [5, 5.41) is 2.94. The number of nitrogens with zero attached hydrogens (tertiary/aromatic N) is 5. The average molecular weight is 494 g/mol. The molecule has 1 aromatic carbocycles. The lowest BCUT2D eigenvalue weighted by Crippen LogP contribution is -2.43. The first-order chi connectivity index (χ1) is 17.5. The van der Waals surface area contributed by atoms with E-state index in [2.05, 4.69) is 20.2 Å². The number of nitrogens with one attached hydrogen (secondary N) is 1. The Labute approximate surface area is 207 Å². The number of carbonyl (C=O) groups is 1. The SMILES string of the molecule is Nn1c(N2CCO[C@@H](c3ccc(NC(=O)CN4CCCC4)cc3)C2)nc(-c2ccncc2F)cc1=O. The summed E-state index contributed by atoms with van der Waals surface area (Å²) in [4.78, 5) is 37.1. The highest BCUT2D eigenvalue weighted by Gasteiger charge is 2.26. The van der Waals surface area contributed by atoms with Gasteiger partial charge in [-0.15, -0.1) is 0 Å². The highest BCUT2D eigenvalue weighted by Crippen LogP contribution is 2.27. The van der Waals surface area contributed by atoms with Gasteiger partial charge in [0, 0.05) is 30.1 Å². The Kier molecular flexibility index (Phi) is 6.92. The molecular weight excluding hydrogens is 465 g/mol. The van der Waals surface area contributed by atoms with Gasteiger partial charge >= 0.3 is 0 Å². The number of amides is 1. The van der Waals surface area contributed by atoms with Crippen molar-refractivity contribution in [2.24, 2.45) is 0 Å². The number of pyridine rings is 1. The highest BCUT2D eigenvalue weighted by atomic mass is 19.1. The molecule has 1 atom stereocenters. The maximum absolute atomic E-state index is 14.3. The first-order valence-electron chi connectivity index (χ1n) is 12.0. The lowest BCUT2D eigenvalue weighted by Gasteiger charge is -2.34. The minimum Gasteiger partial charge on any atom is -0.370 e. The van der Waals surface area contributed by atoms with E-state index in [4.69, 9.17) is 10.6 Å². The zero-order chi connectivity index (χ0) is 25.1. The zero-order valence-corrected chi connectivity index (χ0v) is 19.8. The Morgan fingerprint density at radius 2 is 1.94 bits per heavy atom. The van der Waals surface area contributed by atoms with Crippen LogP contribution in [0.15, 0.2) is 53.6 Å². The number of hydrogen-bond acceptors (Lipinski definition) is 8. The standard InChI is InChI=1S/C25H28FN7O3/c26-20-14-28-8-7-19(20)21-13-24(35)33(27)25(30-21)32-11-12-36-22(15-32)17-3-5-18(6-4-17)29-23(34)16-31-9-1-2-10-31/h3-8,13-14,22H,1-2,9-12,15-16,27H2,(H,29,34)/t22-/m1/s1. The Hall–Kier alpha value is -3.83. The summed E-state index contributed by atoms with van der Waals surface area (Å²) >= 11 is 0. The van der Waals surface area contributed by atoms with Crippen LogP contribution in [0.5, 0.6) is 0 Å². The molecule has 188 valence electrons. The van der Waals surface area contributed by atoms with Crippen LogP contribution in [0.3, 0.4) is 0 Å². The van der Waals surface area contributed by atoms with Crippen molar-refractivity contribution in [3.05, 3.63) is 70.5 Å². The molecule has 2 fully saturated rings. The largest absolute Gasteiger partial charge is 0.370 e. The fourth-order valence-corrected chi connectivity index (χ4v) is 4.58. The summed E-state index contributed by atoms with van der Waals surface area (Å²) in [7, 11) is 0. The van der Waals surface area contributed by atoms with Crippen LogP contribution in [0.4, 0.5) is 16.0 Å². The molecule has 0 radical (unpaired) electrons. The van der Waals surface area contributed by atoms with E-state index in [0.717, 1.165) is 48.1 Å². The van der Waals surface area contributed by atoms with Gasteiger partial charge in [-0.05, 0) is 49.7 Å².